The number of fused-ring (bicyclic) bond motifs is 1. The van der Waals surface area contributed by atoms with Crippen molar-refractivity contribution in [2.45, 2.75) is 103 Å². The van der Waals surface area contributed by atoms with Gasteiger partial charge in [-0.3, -0.25) is 0 Å². The molecule has 0 spiro atoms. The van der Waals surface area contributed by atoms with Crippen LogP contribution in [0.3, 0.4) is 0 Å². The van der Waals surface area contributed by atoms with Crippen molar-refractivity contribution < 1.29 is 0 Å². The first-order chi connectivity index (χ1) is 32.8. The monoisotopic (exact) mass is 885 g/mol. The highest BCUT2D eigenvalue weighted by Crippen LogP contribution is 2.49. The third-order valence-corrected chi connectivity index (χ3v) is 16.8. The molecule has 0 aromatic heterocycles. The van der Waals surface area contributed by atoms with Gasteiger partial charge >= 0.3 is 0 Å². The van der Waals surface area contributed by atoms with E-state index in [-0.39, 0.29) is 0 Å². The van der Waals surface area contributed by atoms with Crippen LogP contribution >= 0.6 is 0 Å². The molecular weight excluding hydrogens is 817 g/mol. The van der Waals surface area contributed by atoms with E-state index in [0.29, 0.717) is 0 Å². The zero-order valence-electron chi connectivity index (χ0n) is 39.3. The van der Waals surface area contributed by atoms with E-state index in [2.05, 4.69) is 63.5 Å². The van der Waals surface area contributed by atoms with Crippen molar-refractivity contribution in [3.8, 4) is 0 Å². The number of hydrogen-bond donors (Lipinski definition) is 0. The van der Waals surface area contributed by atoms with Crippen molar-refractivity contribution >= 4 is 79.0 Å². The maximum Gasteiger partial charge on any atom is 0.115 e. The average Bonchev–Trinajstić information content (AvgIpc) is 4.02. The summed E-state index contributed by atoms with van der Waals surface area (Å²) in [5.41, 5.74) is 15.2. The van der Waals surface area contributed by atoms with E-state index in [1.807, 2.05) is 0 Å². The summed E-state index contributed by atoms with van der Waals surface area (Å²) in [7, 11) is 0. The van der Waals surface area contributed by atoms with Crippen LogP contribution in [0.15, 0.2) is 44.2 Å². The lowest BCUT2D eigenvalue weighted by molar-refractivity contribution is 0.949. The predicted molar refractivity (Wildman–Crippen MR) is 272 cm³/mol. The molecule has 66 heavy (non-hydrogen) atoms. The van der Waals surface area contributed by atoms with Gasteiger partial charge in [0, 0.05) is 115 Å². The molecule has 0 aliphatic carbocycles. The van der Waals surface area contributed by atoms with Crippen molar-refractivity contribution in [1.29, 1.82) is 0 Å². The zero-order valence-corrected chi connectivity index (χ0v) is 39.3. The summed E-state index contributed by atoms with van der Waals surface area (Å²) in [5, 5.41) is 7.01. The molecule has 8 aliphatic heterocycles. The average molecular weight is 885 g/mol. The molecule has 8 saturated heterocycles. The van der Waals surface area contributed by atoms with Gasteiger partial charge < -0.3 is 39.2 Å². The minimum absolute atomic E-state index is 1.01. The van der Waals surface area contributed by atoms with Gasteiger partial charge in [0.15, 0.2) is 0 Å². The molecular formula is C54H68N12. The summed E-state index contributed by atoms with van der Waals surface area (Å²) in [6, 6.07) is 9.20. The van der Waals surface area contributed by atoms with Crippen LogP contribution in [0.25, 0.3) is 10.8 Å². The SMILES string of the molecule is c1cc(N=c2c(N3CCCC3)c2N2CCCC2)c2c(N=c3c(N4CCCC4)c3N3CCCC3)ccc(N=c3c(N4CCCC4)c3N3CCCC3)c2c1N=c1c(N2CCCC2)c1N1CCCC1. The molecule has 0 unspecified atom stereocenters. The lowest BCUT2D eigenvalue weighted by Crippen LogP contribution is -2.18. The third kappa shape index (κ3) is 6.88. The van der Waals surface area contributed by atoms with Crippen molar-refractivity contribution in [1.82, 2.24) is 0 Å². The van der Waals surface area contributed by atoms with E-state index in [9.17, 15) is 0 Å². The highest BCUT2D eigenvalue weighted by atomic mass is 15.3. The molecule has 0 amide bonds. The lowest BCUT2D eigenvalue weighted by Gasteiger charge is -2.15. The summed E-state index contributed by atoms with van der Waals surface area (Å²) in [6.07, 6.45) is 20.2. The highest BCUT2D eigenvalue weighted by Gasteiger charge is 2.38. The Kier molecular flexibility index (Phi) is 9.80. The first kappa shape index (κ1) is 39.9. The fourth-order valence-corrected chi connectivity index (χ4v) is 13.3. The van der Waals surface area contributed by atoms with Crippen LogP contribution in [0, 0.1) is 0 Å². The Morgan fingerprint density at radius 3 is 0.485 bits per heavy atom. The fraction of sp³-hybridized carbons (Fsp3) is 0.593. The van der Waals surface area contributed by atoms with Crippen LogP contribution in [0.4, 0.5) is 68.2 Å². The highest BCUT2D eigenvalue weighted by molar-refractivity contribution is 6.13. The van der Waals surface area contributed by atoms with Crippen molar-refractivity contribution in [3.63, 3.8) is 0 Å². The second kappa shape index (κ2) is 16.2. The van der Waals surface area contributed by atoms with Gasteiger partial charge in [0.1, 0.15) is 21.4 Å². The quantitative estimate of drug-likeness (QED) is 0.122. The smallest absolute Gasteiger partial charge is 0.115 e. The summed E-state index contributed by atoms with van der Waals surface area (Å²) in [6.45, 7) is 18.1. The molecule has 6 aromatic rings. The fourth-order valence-electron chi connectivity index (χ4n) is 13.3. The van der Waals surface area contributed by atoms with E-state index in [1.54, 1.807) is 0 Å². The van der Waals surface area contributed by atoms with Gasteiger partial charge in [-0.05, 0) is 127 Å². The number of benzene rings is 2. The van der Waals surface area contributed by atoms with Gasteiger partial charge in [0.25, 0.3) is 0 Å². The molecule has 6 aromatic carbocycles. The van der Waals surface area contributed by atoms with E-state index >= 15 is 0 Å². The maximum absolute atomic E-state index is 5.82. The third-order valence-electron chi connectivity index (χ3n) is 16.8. The second-order valence-electron chi connectivity index (χ2n) is 21.1. The molecule has 0 atom stereocenters. The largest absolute Gasteiger partial charge is 0.368 e. The normalized spacial score (nSPS) is 21.9. The van der Waals surface area contributed by atoms with Crippen molar-refractivity contribution in [3.05, 3.63) is 45.7 Å². The lowest BCUT2D eigenvalue weighted by atomic mass is 10.0. The van der Waals surface area contributed by atoms with Gasteiger partial charge in [-0.15, -0.1) is 0 Å². The topological polar surface area (TPSA) is 75.4 Å². The van der Waals surface area contributed by atoms with Gasteiger partial charge in [-0.2, -0.15) is 0 Å². The molecule has 0 N–H and O–H groups in total. The molecule has 8 heterocycles. The number of nitrogens with zero attached hydrogens (tertiary/aromatic N) is 12. The molecule has 12 heteroatoms. The minimum Gasteiger partial charge on any atom is -0.368 e. The molecule has 344 valence electrons. The Bertz CT molecular complexity index is 2330. The Balaban J connectivity index is 1.02. The van der Waals surface area contributed by atoms with E-state index in [4.69, 9.17) is 20.0 Å². The summed E-state index contributed by atoms with van der Waals surface area (Å²) < 4.78 is 0. The molecule has 12 nitrogen and oxygen atoms in total. The molecule has 14 rings (SSSR count). The van der Waals surface area contributed by atoms with Crippen LogP contribution < -0.4 is 60.6 Å². The van der Waals surface area contributed by atoms with Crippen LogP contribution in [-0.2, 0) is 0 Å². The first-order valence-electron chi connectivity index (χ1n) is 26.7. The molecule has 0 bridgehead atoms. The van der Waals surface area contributed by atoms with Crippen molar-refractivity contribution in [2.24, 2.45) is 20.0 Å². The van der Waals surface area contributed by atoms with Crippen LogP contribution in [0.1, 0.15) is 103 Å². The van der Waals surface area contributed by atoms with Gasteiger partial charge in [0.05, 0.1) is 68.2 Å². The van der Waals surface area contributed by atoms with Crippen molar-refractivity contribution in [2.75, 3.05) is 144 Å². The zero-order chi connectivity index (χ0) is 43.3. The van der Waals surface area contributed by atoms with Gasteiger partial charge in [-0.1, -0.05) is 0 Å². The molecule has 8 fully saturated rings. The Morgan fingerprint density at radius 1 is 0.212 bits per heavy atom. The van der Waals surface area contributed by atoms with Crippen LogP contribution in [0.5, 0.6) is 0 Å². The summed E-state index contributed by atoms with van der Waals surface area (Å²) in [4.78, 5) is 44.3. The molecule has 0 radical (unpaired) electrons. The van der Waals surface area contributed by atoms with Gasteiger partial charge in [-0.25, -0.2) is 20.0 Å². The summed E-state index contributed by atoms with van der Waals surface area (Å²) in [5.74, 6) is 0. The number of rotatable bonds is 12. The van der Waals surface area contributed by atoms with Crippen LogP contribution in [-0.4, -0.2) is 105 Å². The Morgan fingerprint density at radius 2 is 0.348 bits per heavy atom. The first-order valence-corrected chi connectivity index (χ1v) is 26.7. The number of hydrogen-bond acceptors (Lipinski definition) is 12. The van der Waals surface area contributed by atoms with Crippen LogP contribution in [0.2, 0.25) is 0 Å². The number of anilines is 8. The second-order valence-corrected chi connectivity index (χ2v) is 21.1. The van der Waals surface area contributed by atoms with E-state index in [0.717, 1.165) is 138 Å². The molecule has 8 aliphatic rings. The standard InChI is InChI=1S/C54H68N12/c1-2-22-59(21-1)47-43(48(47)60-23-3-4-24-60)55-37-17-18-39(57-45-51(63-29-9-10-30-63)52(45)64-31-11-12-32-64)42-40(58-46-53(65-33-13-14-34-65)54(46)66-35-15-16-36-66)20-19-38(41(37)42)56-44-49(61-25-5-6-26-61)50(44)62-27-7-8-28-62/h17-20H,1-16,21-36H2. The molecule has 0 saturated carbocycles. The minimum atomic E-state index is 1.01. The maximum atomic E-state index is 5.82. The Labute approximate surface area is 390 Å². The van der Waals surface area contributed by atoms with E-state index in [1.165, 1.54) is 170 Å². The van der Waals surface area contributed by atoms with E-state index < -0.39 is 0 Å². The van der Waals surface area contributed by atoms with Gasteiger partial charge in [0.2, 0.25) is 0 Å². The predicted octanol–water partition coefficient (Wildman–Crippen LogP) is 8.07. The Hall–Kier alpha value is -5.26. The summed E-state index contributed by atoms with van der Waals surface area (Å²) >= 11 is 0.